The summed E-state index contributed by atoms with van der Waals surface area (Å²) in [6, 6.07) is 15.4. The fraction of sp³-hybridized carbons (Fsp3) is 0.211. The monoisotopic (exact) mass is 419 g/mol. The topological polar surface area (TPSA) is 64.1 Å². The molecular formula is C19H18ClN3O2S2. The fourth-order valence-corrected chi connectivity index (χ4v) is 4.12. The maximum absolute atomic E-state index is 12.1. The molecule has 0 atom stereocenters. The third-order valence-corrected chi connectivity index (χ3v) is 5.76. The van der Waals surface area contributed by atoms with Crippen LogP contribution >= 0.6 is 34.7 Å². The van der Waals surface area contributed by atoms with Crippen molar-refractivity contribution < 1.29 is 9.53 Å². The Bertz CT molecular complexity index is 900. The molecule has 8 heteroatoms. The molecule has 0 aliphatic heterocycles. The number of hydrogen-bond acceptors (Lipinski definition) is 6. The number of methoxy groups -OCH3 is 1. The molecule has 1 aromatic heterocycles. The number of carbonyl (C=O) groups excluding carboxylic acids is 1. The minimum absolute atomic E-state index is 0.0727. The van der Waals surface area contributed by atoms with E-state index in [0.717, 1.165) is 21.2 Å². The summed E-state index contributed by atoms with van der Waals surface area (Å²) in [7, 11) is 1.65. The summed E-state index contributed by atoms with van der Waals surface area (Å²) in [6.07, 6.45) is 1.01. The van der Waals surface area contributed by atoms with E-state index in [9.17, 15) is 4.79 Å². The Labute approximate surface area is 171 Å². The Kier molecular flexibility index (Phi) is 7.09. The number of nitrogens with one attached hydrogen (secondary N) is 1. The van der Waals surface area contributed by atoms with Gasteiger partial charge in [0.25, 0.3) is 0 Å². The smallest absolute Gasteiger partial charge is 0.227 e. The summed E-state index contributed by atoms with van der Waals surface area (Å²) >= 11 is 8.85. The molecule has 0 saturated carbocycles. The minimum atomic E-state index is -0.0727. The predicted molar refractivity (Wildman–Crippen MR) is 111 cm³/mol. The van der Waals surface area contributed by atoms with Crippen LogP contribution in [0.25, 0.3) is 0 Å². The second-order valence-corrected chi connectivity index (χ2v) is 8.26. The van der Waals surface area contributed by atoms with Crippen LogP contribution in [-0.2, 0) is 11.2 Å². The van der Waals surface area contributed by atoms with Gasteiger partial charge < -0.3 is 10.1 Å². The molecule has 1 amide bonds. The van der Waals surface area contributed by atoms with Gasteiger partial charge in [-0.05, 0) is 30.3 Å². The van der Waals surface area contributed by atoms with Gasteiger partial charge in [0.2, 0.25) is 11.0 Å². The maximum Gasteiger partial charge on any atom is 0.227 e. The van der Waals surface area contributed by atoms with Crippen molar-refractivity contribution in [1.82, 2.24) is 10.2 Å². The first-order valence-corrected chi connectivity index (χ1v) is 10.4. The molecule has 3 rings (SSSR count). The van der Waals surface area contributed by atoms with Gasteiger partial charge in [0, 0.05) is 34.1 Å². The second kappa shape index (κ2) is 9.73. The van der Waals surface area contributed by atoms with E-state index < -0.39 is 0 Å². The van der Waals surface area contributed by atoms with Gasteiger partial charge in [0.1, 0.15) is 10.8 Å². The van der Waals surface area contributed by atoms with Gasteiger partial charge in [-0.25, -0.2) is 0 Å². The summed E-state index contributed by atoms with van der Waals surface area (Å²) in [6.45, 7) is 0. The summed E-state index contributed by atoms with van der Waals surface area (Å²) in [4.78, 5) is 13.2. The maximum atomic E-state index is 12.1. The van der Waals surface area contributed by atoms with Crippen LogP contribution < -0.4 is 10.1 Å². The first-order chi connectivity index (χ1) is 13.1. The molecule has 0 saturated heterocycles. The Morgan fingerprint density at radius 3 is 2.74 bits per heavy atom. The van der Waals surface area contributed by atoms with Crippen LogP contribution in [0.3, 0.4) is 0 Å². The highest BCUT2D eigenvalue weighted by atomic mass is 35.5. The van der Waals surface area contributed by atoms with Crippen molar-refractivity contribution in [3.05, 3.63) is 64.1 Å². The van der Waals surface area contributed by atoms with E-state index in [-0.39, 0.29) is 5.91 Å². The zero-order valence-electron chi connectivity index (χ0n) is 14.6. The number of hydrogen-bond donors (Lipinski definition) is 1. The lowest BCUT2D eigenvalue weighted by Gasteiger charge is -2.05. The van der Waals surface area contributed by atoms with Gasteiger partial charge in [-0.15, -0.1) is 22.0 Å². The van der Waals surface area contributed by atoms with Gasteiger partial charge in [-0.1, -0.05) is 41.1 Å². The SMILES string of the molecule is COc1ccccc1Cc1nnc(NC(=O)CCSc2ccc(Cl)cc2)s1. The number of rotatable bonds is 8. The largest absolute Gasteiger partial charge is 0.496 e. The van der Waals surface area contributed by atoms with Gasteiger partial charge in [-0.2, -0.15) is 0 Å². The molecule has 0 radical (unpaired) electrons. The van der Waals surface area contributed by atoms with Crippen molar-refractivity contribution in [2.24, 2.45) is 0 Å². The summed E-state index contributed by atoms with van der Waals surface area (Å²) in [5, 5.41) is 13.1. The number of amides is 1. The van der Waals surface area contributed by atoms with Crippen LogP contribution in [0.2, 0.25) is 5.02 Å². The first kappa shape index (κ1) is 19.7. The molecular weight excluding hydrogens is 402 g/mol. The molecule has 0 unspecified atom stereocenters. The van der Waals surface area contributed by atoms with Crippen LogP contribution in [0.5, 0.6) is 5.75 Å². The summed E-state index contributed by atoms with van der Waals surface area (Å²) in [5.74, 6) is 1.43. The number of anilines is 1. The third-order valence-electron chi connectivity index (χ3n) is 3.66. The Balaban J connectivity index is 1.48. The minimum Gasteiger partial charge on any atom is -0.496 e. The number of aromatic nitrogens is 2. The Morgan fingerprint density at radius 2 is 1.96 bits per heavy atom. The molecule has 0 bridgehead atoms. The zero-order valence-corrected chi connectivity index (χ0v) is 17.0. The van der Waals surface area contributed by atoms with Gasteiger partial charge in [0.15, 0.2) is 0 Å². The number of thioether (sulfide) groups is 1. The quantitative estimate of drug-likeness (QED) is 0.525. The fourth-order valence-electron chi connectivity index (χ4n) is 2.36. The van der Waals surface area contributed by atoms with E-state index in [4.69, 9.17) is 16.3 Å². The van der Waals surface area contributed by atoms with Crippen LogP contribution in [0.15, 0.2) is 53.4 Å². The molecule has 1 heterocycles. The van der Waals surface area contributed by atoms with Crippen molar-refractivity contribution in [2.45, 2.75) is 17.7 Å². The third kappa shape index (κ3) is 5.95. The lowest BCUT2D eigenvalue weighted by Crippen LogP contribution is -2.11. The lowest BCUT2D eigenvalue weighted by atomic mass is 10.1. The van der Waals surface area contributed by atoms with Gasteiger partial charge >= 0.3 is 0 Å². The molecule has 3 aromatic rings. The molecule has 0 aliphatic carbocycles. The molecule has 2 aromatic carbocycles. The average molecular weight is 420 g/mol. The number of para-hydroxylation sites is 1. The van der Waals surface area contributed by atoms with Crippen molar-refractivity contribution in [3.63, 3.8) is 0 Å². The number of benzene rings is 2. The zero-order chi connectivity index (χ0) is 19.1. The van der Waals surface area contributed by atoms with Crippen molar-refractivity contribution in [1.29, 1.82) is 0 Å². The normalized spacial score (nSPS) is 10.6. The van der Waals surface area contributed by atoms with Crippen LogP contribution in [0, 0.1) is 0 Å². The number of carbonyl (C=O) groups is 1. The molecule has 0 aliphatic rings. The number of halogens is 1. The van der Waals surface area contributed by atoms with E-state index in [1.54, 1.807) is 18.9 Å². The van der Waals surface area contributed by atoms with Crippen LogP contribution in [0.4, 0.5) is 5.13 Å². The van der Waals surface area contributed by atoms with Crippen molar-refractivity contribution in [2.75, 3.05) is 18.2 Å². The Hall–Kier alpha value is -2.09. The van der Waals surface area contributed by atoms with E-state index in [1.165, 1.54) is 11.3 Å². The lowest BCUT2D eigenvalue weighted by molar-refractivity contribution is -0.115. The first-order valence-electron chi connectivity index (χ1n) is 8.26. The number of nitrogens with zero attached hydrogens (tertiary/aromatic N) is 2. The highest BCUT2D eigenvalue weighted by Crippen LogP contribution is 2.25. The predicted octanol–water partition coefficient (Wildman–Crippen LogP) is 4.91. The summed E-state index contributed by atoms with van der Waals surface area (Å²) in [5.41, 5.74) is 1.04. The molecule has 27 heavy (non-hydrogen) atoms. The summed E-state index contributed by atoms with van der Waals surface area (Å²) < 4.78 is 5.35. The second-order valence-electron chi connectivity index (χ2n) is 5.59. The van der Waals surface area contributed by atoms with Gasteiger partial charge in [-0.3, -0.25) is 4.79 Å². The van der Waals surface area contributed by atoms with E-state index in [1.807, 2.05) is 48.5 Å². The van der Waals surface area contributed by atoms with Crippen molar-refractivity contribution >= 4 is 45.7 Å². The Morgan fingerprint density at radius 1 is 1.19 bits per heavy atom. The molecule has 1 N–H and O–H groups in total. The molecule has 140 valence electrons. The van der Waals surface area contributed by atoms with E-state index in [2.05, 4.69) is 15.5 Å². The molecule has 0 fully saturated rings. The molecule has 0 spiro atoms. The van der Waals surface area contributed by atoms with E-state index >= 15 is 0 Å². The van der Waals surface area contributed by atoms with Crippen molar-refractivity contribution in [3.8, 4) is 5.75 Å². The van der Waals surface area contributed by atoms with Gasteiger partial charge in [0.05, 0.1) is 7.11 Å². The average Bonchev–Trinajstić information content (AvgIpc) is 3.10. The standard InChI is InChI=1S/C19H18ClN3O2S2/c1-25-16-5-3-2-4-13(16)12-18-22-23-19(27-18)21-17(24)10-11-26-15-8-6-14(20)7-9-15/h2-9H,10-12H2,1H3,(H,21,23,24). The van der Waals surface area contributed by atoms with Crippen LogP contribution in [-0.4, -0.2) is 29.0 Å². The number of ether oxygens (including phenoxy) is 1. The van der Waals surface area contributed by atoms with E-state index in [0.29, 0.717) is 28.7 Å². The highest BCUT2D eigenvalue weighted by molar-refractivity contribution is 7.99. The van der Waals surface area contributed by atoms with Crippen LogP contribution in [0.1, 0.15) is 17.0 Å². The molecule has 5 nitrogen and oxygen atoms in total. The highest BCUT2D eigenvalue weighted by Gasteiger charge is 2.11.